The summed E-state index contributed by atoms with van der Waals surface area (Å²) in [5, 5.41) is 3.32. The van der Waals surface area contributed by atoms with Crippen molar-refractivity contribution in [2.45, 2.75) is 64.6 Å². The fourth-order valence-electron chi connectivity index (χ4n) is 4.21. The molecule has 41 heavy (non-hydrogen) atoms. The Balaban J connectivity index is 2.09. The molecule has 0 aliphatic rings. The fraction of sp³-hybridized carbons (Fsp3) is 0.355. The van der Waals surface area contributed by atoms with Gasteiger partial charge in [-0.1, -0.05) is 54.9 Å². The maximum absolute atomic E-state index is 14.1. The minimum Gasteiger partial charge on any atom is -0.492 e. The van der Waals surface area contributed by atoms with Gasteiger partial charge in [-0.3, -0.25) is 13.9 Å². The van der Waals surface area contributed by atoms with Crippen molar-refractivity contribution in [1.82, 2.24) is 10.2 Å². The molecule has 3 rings (SSSR count). The number of para-hydroxylation sites is 2. The van der Waals surface area contributed by atoms with Crippen LogP contribution in [0, 0.1) is 6.92 Å². The van der Waals surface area contributed by atoms with Gasteiger partial charge in [0.15, 0.2) is 0 Å². The predicted molar refractivity (Wildman–Crippen MR) is 163 cm³/mol. The first-order valence-electron chi connectivity index (χ1n) is 13.6. The molecule has 0 spiro atoms. The maximum atomic E-state index is 14.1. The number of carbonyl (C=O) groups is 2. The van der Waals surface area contributed by atoms with Crippen molar-refractivity contribution in [1.29, 1.82) is 0 Å². The lowest BCUT2D eigenvalue weighted by Crippen LogP contribution is -2.52. The van der Waals surface area contributed by atoms with E-state index in [2.05, 4.69) is 5.32 Å². The zero-order valence-electron chi connectivity index (χ0n) is 24.1. The number of benzene rings is 3. The summed E-state index contributed by atoms with van der Waals surface area (Å²) in [7, 11) is -4.24. The second-order valence-corrected chi connectivity index (χ2v) is 12.1. The highest BCUT2D eigenvalue weighted by atomic mass is 35.5. The van der Waals surface area contributed by atoms with Gasteiger partial charge >= 0.3 is 0 Å². The number of halogens is 1. The average molecular weight is 600 g/mol. The molecule has 0 aliphatic carbocycles. The number of rotatable bonds is 13. The smallest absolute Gasteiger partial charge is 0.264 e. The minimum absolute atomic E-state index is 0.0333. The van der Waals surface area contributed by atoms with E-state index in [9.17, 15) is 18.0 Å². The standard InChI is InChI=1S/C31H38ClN3O5S/c1-6-23(4)33-31(37)24(5)34(20-25-13-9-8-12-22(25)3)30(36)21-35(28-14-10-11-15-29(28)40-7-2)41(38,39)27-18-16-26(32)17-19-27/h8-19,23-24H,6-7,20-21H2,1-5H3,(H,33,37)/t23-,24-/m0/s1. The van der Waals surface area contributed by atoms with Crippen molar-refractivity contribution >= 4 is 39.1 Å². The van der Waals surface area contributed by atoms with Gasteiger partial charge in [-0.2, -0.15) is 0 Å². The van der Waals surface area contributed by atoms with Crippen molar-refractivity contribution < 1.29 is 22.7 Å². The Morgan fingerprint density at radius 3 is 2.22 bits per heavy atom. The molecule has 0 saturated carbocycles. The fourth-order valence-corrected chi connectivity index (χ4v) is 5.76. The average Bonchev–Trinajstić information content (AvgIpc) is 2.95. The summed E-state index contributed by atoms with van der Waals surface area (Å²) in [6.45, 7) is 9.10. The maximum Gasteiger partial charge on any atom is 0.264 e. The first kappa shape index (κ1) is 32.0. The Morgan fingerprint density at radius 1 is 0.951 bits per heavy atom. The third-order valence-electron chi connectivity index (χ3n) is 6.88. The van der Waals surface area contributed by atoms with E-state index in [1.807, 2.05) is 45.0 Å². The molecule has 0 saturated heterocycles. The zero-order chi connectivity index (χ0) is 30.2. The highest BCUT2D eigenvalue weighted by Crippen LogP contribution is 2.33. The van der Waals surface area contributed by atoms with Gasteiger partial charge in [-0.25, -0.2) is 8.42 Å². The number of nitrogens with zero attached hydrogens (tertiary/aromatic N) is 2. The molecule has 3 aromatic carbocycles. The Hall–Kier alpha value is -3.56. The van der Waals surface area contributed by atoms with Crippen LogP contribution in [-0.2, 0) is 26.2 Å². The molecule has 1 N–H and O–H groups in total. The molecule has 0 fully saturated rings. The topological polar surface area (TPSA) is 96.0 Å². The molecule has 0 radical (unpaired) electrons. The first-order valence-corrected chi connectivity index (χ1v) is 15.5. The second-order valence-electron chi connectivity index (χ2n) is 9.81. The summed E-state index contributed by atoms with van der Waals surface area (Å²) in [5.74, 6) is -0.541. The summed E-state index contributed by atoms with van der Waals surface area (Å²) in [5.41, 5.74) is 2.02. The number of hydrogen-bond donors (Lipinski definition) is 1. The molecule has 0 heterocycles. The molecule has 0 aromatic heterocycles. The number of ether oxygens (including phenoxy) is 1. The minimum atomic E-state index is -4.24. The van der Waals surface area contributed by atoms with E-state index in [4.69, 9.17) is 16.3 Å². The highest BCUT2D eigenvalue weighted by Gasteiger charge is 2.34. The van der Waals surface area contributed by atoms with Crippen LogP contribution >= 0.6 is 11.6 Å². The molecular formula is C31H38ClN3O5S. The lowest BCUT2D eigenvalue weighted by molar-refractivity contribution is -0.139. The third kappa shape index (κ3) is 8.01. The Bertz CT molecular complexity index is 1450. The molecule has 2 atom stereocenters. The van der Waals surface area contributed by atoms with E-state index in [0.717, 1.165) is 21.9 Å². The second kappa shape index (κ2) is 14.4. The first-order chi connectivity index (χ1) is 19.5. The molecule has 2 amide bonds. The third-order valence-corrected chi connectivity index (χ3v) is 8.91. The molecule has 0 aliphatic heterocycles. The van der Waals surface area contributed by atoms with Crippen LogP contribution in [0.4, 0.5) is 5.69 Å². The van der Waals surface area contributed by atoms with Crippen LogP contribution in [0.2, 0.25) is 5.02 Å². The Morgan fingerprint density at radius 2 is 1.59 bits per heavy atom. The number of hydrogen-bond acceptors (Lipinski definition) is 5. The van der Waals surface area contributed by atoms with E-state index in [0.29, 0.717) is 17.4 Å². The predicted octanol–water partition coefficient (Wildman–Crippen LogP) is 5.57. The Labute approximate surface area is 248 Å². The molecule has 0 unspecified atom stereocenters. The zero-order valence-corrected chi connectivity index (χ0v) is 25.7. The van der Waals surface area contributed by atoms with Crippen molar-refractivity contribution in [3.63, 3.8) is 0 Å². The van der Waals surface area contributed by atoms with Gasteiger partial charge in [-0.05, 0) is 81.6 Å². The quantitative estimate of drug-likeness (QED) is 0.277. The van der Waals surface area contributed by atoms with E-state index in [-0.39, 0.29) is 29.1 Å². The SMILES string of the molecule is CCOc1ccccc1N(CC(=O)N(Cc1ccccc1C)[C@@H](C)C(=O)N[C@@H](C)CC)S(=O)(=O)c1ccc(Cl)cc1. The van der Waals surface area contributed by atoms with Crippen LogP contribution in [0.25, 0.3) is 0 Å². The van der Waals surface area contributed by atoms with E-state index in [1.165, 1.54) is 29.2 Å². The number of nitrogens with one attached hydrogen (secondary N) is 1. The molecule has 10 heteroatoms. The van der Waals surface area contributed by atoms with Crippen LogP contribution in [0.3, 0.4) is 0 Å². The largest absolute Gasteiger partial charge is 0.492 e. The van der Waals surface area contributed by atoms with Gasteiger partial charge in [0.25, 0.3) is 10.0 Å². The van der Waals surface area contributed by atoms with Crippen LogP contribution in [0.1, 0.15) is 45.2 Å². The Kier molecular flexibility index (Phi) is 11.2. The lowest BCUT2D eigenvalue weighted by Gasteiger charge is -2.33. The van der Waals surface area contributed by atoms with Crippen molar-refractivity contribution in [3.8, 4) is 5.75 Å². The van der Waals surface area contributed by atoms with Gasteiger partial charge in [0, 0.05) is 17.6 Å². The van der Waals surface area contributed by atoms with Gasteiger partial charge < -0.3 is 15.0 Å². The van der Waals surface area contributed by atoms with Gasteiger partial charge in [-0.15, -0.1) is 0 Å². The summed E-state index contributed by atoms with van der Waals surface area (Å²) in [4.78, 5) is 28.7. The summed E-state index contributed by atoms with van der Waals surface area (Å²) in [6, 6.07) is 19.0. The summed E-state index contributed by atoms with van der Waals surface area (Å²) < 4.78 is 34.9. The van der Waals surface area contributed by atoms with E-state index in [1.54, 1.807) is 38.1 Å². The van der Waals surface area contributed by atoms with Crippen LogP contribution < -0.4 is 14.4 Å². The van der Waals surface area contributed by atoms with Crippen LogP contribution in [0.5, 0.6) is 5.75 Å². The molecule has 220 valence electrons. The number of carbonyl (C=O) groups excluding carboxylic acids is 2. The molecule has 3 aromatic rings. The van der Waals surface area contributed by atoms with Crippen molar-refractivity contribution in [3.05, 3.63) is 88.9 Å². The highest BCUT2D eigenvalue weighted by molar-refractivity contribution is 7.92. The van der Waals surface area contributed by atoms with Gasteiger partial charge in [0.1, 0.15) is 18.3 Å². The van der Waals surface area contributed by atoms with Crippen molar-refractivity contribution in [2.75, 3.05) is 17.5 Å². The molecule has 0 bridgehead atoms. The summed E-state index contributed by atoms with van der Waals surface area (Å²) in [6.07, 6.45) is 0.728. The van der Waals surface area contributed by atoms with Crippen molar-refractivity contribution in [2.24, 2.45) is 0 Å². The normalized spacial score (nSPS) is 12.7. The van der Waals surface area contributed by atoms with Crippen LogP contribution in [-0.4, -0.2) is 50.4 Å². The lowest BCUT2D eigenvalue weighted by atomic mass is 10.1. The number of sulfonamides is 1. The van der Waals surface area contributed by atoms with Gasteiger partial charge in [0.05, 0.1) is 17.2 Å². The molecular weight excluding hydrogens is 562 g/mol. The van der Waals surface area contributed by atoms with E-state index >= 15 is 0 Å². The summed E-state index contributed by atoms with van der Waals surface area (Å²) >= 11 is 6.02. The van der Waals surface area contributed by atoms with E-state index < -0.39 is 28.5 Å². The van der Waals surface area contributed by atoms with Gasteiger partial charge in [0.2, 0.25) is 11.8 Å². The number of anilines is 1. The molecule has 8 nitrogen and oxygen atoms in total. The van der Waals surface area contributed by atoms with Crippen LogP contribution in [0.15, 0.2) is 77.7 Å². The number of amides is 2. The monoisotopic (exact) mass is 599 g/mol. The number of aryl methyl sites for hydroxylation is 1.